The van der Waals surface area contributed by atoms with Gasteiger partial charge in [0, 0.05) is 18.7 Å². The molecule has 1 aromatic carbocycles. The van der Waals surface area contributed by atoms with Crippen molar-refractivity contribution in [2.24, 2.45) is 5.73 Å². The minimum absolute atomic E-state index is 0.101. The summed E-state index contributed by atoms with van der Waals surface area (Å²) in [5.41, 5.74) is 6.01. The van der Waals surface area contributed by atoms with Crippen LogP contribution in [0.1, 0.15) is 25.8 Å². The van der Waals surface area contributed by atoms with Crippen LogP contribution in [0.3, 0.4) is 0 Å². The van der Waals surface area contributed by atoms with Crippen LogP contribution in [0.5, 0.6) is 5.75 Å². The lowest BCUT2D eigenvalue weighted by Gasteiger charge is -2.25. The van der Waals surface area contributed by atoms with Gasteiger partial charge in [0.15, 0.2) is 6.61 Å². The highest BCUT2D eigenvalue weighted by molar-refractivity contribution is 5.75. The van der Waals surface area contributed by atoms with Crippen LogP contribution in [0.2, 0.25) is 0 Å². The topological polar surface area (TPSA) is 84.6 Å². The van der Waals surface area contributed by atoms with Gasteiger partial charge in [-0.1, -0.05) is 12.1 Å². The molecular formula is C14H22N2O3. The number of benzene rings is 1. The smallest absolute Gasteiger partial charge is 0.255 e. The number of nitrogens with one attached hydrogen (secondary N) is 1. The second-order valence-electron chi connectivity index (χ2n) is 5.11. The quantitative estimate of drug-likeness (QED) is 0.650. The number of primary amides is 1. The van der Waals surface area contributed by atoms with Crippen molar-refractivity contribution < 1.29 is 14.6 Å². The monoisotopic (exact) mass is 266 g/mol. The molecule has 0 atom stereocenters. The molecule has 106 valence electrons. The molecule has 0 aliphatic carbocycles. The number of rotatable bonds is 8. The number of nitrogens with two attached hydrogens (primary N) is 1. The van der Waals surface area contributed by atoms with Crippen molar-refractivity contribution in [2.45, 2.75) is 32.4 Å². The van der Waals surface area contributed by atoms with E-state index in [0.29, 0.717) is 18.7 Å². The number of aliphatic hydroxyl groups excluding tert-OH is 1. The molecule has 0 aliphatic rings. The largest absolute Gasteiger partial charge is 0.484 e. The molecule has 0 fully saturated rings. The zero-order valence-corrected chi connectivity index (χ0v) is 11.5. The summed E-state index contributed by atoms with van der Waals surface area (Å²) in [4.78, 5) is 10.6. The predicted molar refractivity (Wildman–Crippen MR) is 73.8 cm³/mol. The Hall–Kier alpha value is -1.59. The fraction of sp³-hybridized carbons (Fsp3) is 0.500. The fourth-order valence-electron chi connectivity index (χ4n) is 1.57. The van der Waals surface area contributed by atoms with E-state index in [0.717, 1.165) is 5.56 Å². The Kier molecular flexibility index (Phi) is 5.79. The molecule has 0 radical (unpaired) electrons. The van der Waals surface area contributed by atoms with Crippen LogP contribution in [-0.4, -0.2) is 29.8 Å². The zero-order chi connectivity index (χ0) is 14.3. The lowest BCUT2D eigenvalue weighted by Crippen LogP contribution is -2.39. The molecule has 5 heteroatoms. The van der Waals surface area contributed by atoms with E-state index in [9.17, 15) is 4.79 Å². The lowest BCUT2D eigenvalue weighted by molar-refractivity contribution is -0.119. The average molecular weight is 266 g/mol. The van der Waals surface area contributed by atoms with Gasteiger partial charge in [0.2, 0.25) is 0 Å². The van der Waals surface area contributed by atoms with Crippen LogP contribution in [0.4, 0.5) is 0 Å². The molecule has 0 unspecified atom stereocenters. The Balaban J connectivity index is 2.46. The molecule has 0 heterocycles. The molecule has 0 aromatic heterocycles. The van der Waals surface area contributed by atoms with Crippen molar-refractivity contribution in [3.63, 3.8) is 0 Å². The van der Waals surface area contributed by atoms with Gasteiger partial charge >= 0.3 is 0 Å². The van der Waals surface area contributed by atoms with Gasteiger partial charge in [-0.05, 0) is 38.0 Å². The average Bonchev–Trinajstić information content (AvgIpc) is 2.35. The minimum atomic E-state index is -0.489. The molecule has 5 nitrogen and oxygen atoms in total. The Labute approximate surface area is 113 Å². The number of aliphatic hydroxyl groups is 1. The highest BCUT2D eigenvalue weighted by atomic mass is 16.5. The molecule has 1 aromatic rings. The molecular weight excluding hydrogens is 244 g/mol. The Bertz CT molecular complexity index is 402. The first-order valence-corrected chi connectivity index (χ1v) is 6.29. The molecule has 0 bridgehead atoms. The third kappa shape index (κ3) is 6.22. The van der Waals surface area contributed by atoms with Crippen LogP contribution < -0.4 is 15.8 Å². The van der Waals surface area contributed by atoms with Crippen molar-refractivity contribution >= 4 is 5.91 Å². The fourth-order valence-corrected chi connectivity index (χ4v) is 1.57. The van der Waals surface area contributed by atoms with E-state index in [1.54, 1.807) is 12.1 Å². The summed E-state index contributed by atoms with van der Waals surface area (Å²) in [6, 6.07) is 7.47. The maximum atomic E-state index is 10.6. The van der Waals surface area contributed by atoms with E-state index in [4.69, 9.17) is 15.6 Å². The van der Waals surface area contributed by atoms with Crippen molar-refractivity contribution in [3.8, 4) is 5.75 Å². The maximum Gasteiger partial charge on any atom is 0.255 e. The first-order chi connectivity index (χ1) is 8.93. The number of carbonyl (C=O) groups excluding carboxylic acids is 1. The van der Waals surface area contributed by atoms with Gasteiger partial charge in [0.25, 0.3) is 5.91 Å². The number of hydrogen-bond donors (Lipinski definition) is 3. The third-order valence-electron chi connectivity index (χ3n) is 2.81. The zero-order valence-electron chi connectivity index (χ0n) is 11.5. The summed E-state index contributed by atoms with van der Waals surface area (Å²) < 4.78 is 5.18. The van der Waals surface area contributed by atoms with Crippen LogP contribution in [0.25, 0.3) is 0 Å². The second kappa shape index (κ2) is 7.11. The van der Waals surface area contributed by atoms with Crippen LogP contribution in [-0.2, 0) is 11.3 Å². The van der Waals surface area contributed by atoms with Crippen LogP contribution >= 0.6 is 0 Å². The van der Waals surface area contributed by atoms with Gasteiger partial charge in [0.05, 0.1) is 0 Å². The van der Waals surface area contributed by atoms with Gasteiger partial charge in [-0.25, -0.2) is 0 Å². The SMILES string of the molecule is CC(C)(CCO)NCc1ccc(OCC(N)=O)cc1. The first-order valence-electron chi connectivity index (χ1n) is 6.29. The third-order valence-corrected chi connectivity index (χ3v) is 2.81. The molecule has 0 saturated heterocycles. The summed E-state index contributed by atoms with van der Waals surface area (Å²) >= 11 is 0. The van der Waals surface area contributed by atoms with Crippen LogP contribution in [0.15, 0.2) is 24.3 Å². The van der Waals surface area contributed by atoms with E-state index < -0.39 is 5.91 Å². The predicted octanol–water partition coefficient (Wildman–Crippen LogP) is 0.801. The molecule has 0 saturated carbocycles. The van der Waals surface area contributed by atoms with Gasteiger partial charge in [-0.3, -0.25) is 4.79 Å². The van der Waals surface area contributed by atoms with Gasteiger partial charge in [-0.15, -0.1) is 0 Å². The normalized spacial score (nSPS) is 11.3. The van der Waals surface area contributed by atoms with Crippen molar-refractivity contribution in [1.82, 2.24) is 5.32 Å². The van der Waals surface area contributed by atoms with E-state index in [2.05, 4.69) is 5.32 Å². The van der Waals surface area contributed by atoms with Crippen molar-refractivity contribution in [1.29, 1.82) is 0 Å². The summed E-state index contributed by atoms with van der Waals surface area (Å²) in [5, 5.41) is 12.3. The number of ether oxygens (including phenoxy) is 1. The number of carbonyl (C=O) groups is 1. The van der Waals surface area contributed by atoms with Gasteiger partial charge < -0.3 is 20.9 Å². The van der Waals surface area contributed by atoms with E-state index in [1.807, 2.05) is 26.0 Å². The maximum absolute atomic E-state index is 10.6. The van der Waals surface area contributed by atoms with E-state index in [1.165, 1.54) is 0 Å². The summed E-state index contributed by atoms with van der Waals surface area (Å²) in [5.74, 6) is 0.133. The molecule has 4 N–H and O–H groups in total. The molecule has 1 rings (SSSR count). The Morgan fingerprint density at radius 1 is 1.37 bits per heavy atom. The summed E-state index contributed by atoms with van der Waals surface area (Å²) in [6.45, 7) is 4.87. The summed E-state index contributed by atoms with van der Waals surface area (Å²) in [7, 11) is 0. The molecule has 1 amide bonds. The highest BCUT2D eigenvalue weighted by Crippen LogP contribution is 2.14. The van der Waals surface area contributed by atoms with E-state index in [-0.39, 0.29) is 18.8 Å². The van der Waals surface area contributed by atoms with E-state index >= 15 is 0 Å². The number of hydrogen-bond acceptors (Lipinski definition) is 4. The highest BCUT2D eigenvalue weighted by Gasteiger charge is 2.15. The van der Waals surface area contributed by atoms with Gasteiger partial charge in [0.1, 0.15) is 5.75 Å². The van der Waals surface area contributed by atoms with Crippen molar-refractivity contribution in [3.05, 3.63) is 29.8 Å². The lowest BCUT2D eigenvalue weighted by atomic mass is 10.0. The summed E-state index contributed by atoms with van der Waals surface area (Å²) in [6.07, 6.45) is 0.701. The number of amides is 1. The standard InChI is InChI=1S/C14H22N2O3/c1-14(2,7-8-17)16-9-11-3-5-12(6-4-11)19-10-13(15)18/h3-6,16-17H,7-10H2,1-2H3,(H2,15,18). The van der Waals surface area contributed by atoms with Crippen molar-refractivity contribution in [2.75, 3.05) is 13.2 Å². The second-order valence-corrected chi connectivity index (χ2v) is 5.11. The molecule has 0 spiro atoms. The Morgan fingerprint density at radius 2 is 2.00 bits per heavy atom. The molecule has 0 aliphatic heterocycles. The van der Waals surface area contributed by atoms with Crippen LogP contribution in [0, 0.1) is 0 Å². The minimum Gasteiger partial charge on any atom is -0.484 e. The Morgan fingerprint density at radius 3 is 2.53 bits per heavy atom. The van der Waals surface area contributed by atoms with Gasteiger partial charge in [-0.2, -0.15) is 0 Å². The first kappa shape index (κ1) is 15.5. The molecule has 19 heavy (non-hydrogen) atoms.